The molecule has 1 aromatic heterocycles. The first-order chi connectivity index (χ1) is 13.3. The highest BCUT2D eigenvalue weighted by Crippen LogP contribution is 2.41. The van der Waals surface area contributed by atoms with Crippen LogP contribution >= 0.6 is 11.3 Å². The third-order valence-corrected chi connectivity index (χ3v) is 7.57. The van der Waals surface area contributed by atoms with Crippen LogP contribution in [0.4, 0.5) is 5.13 Å². The number of carbonyl (C=O) groups excluding carboxylic acids is 2. The maximum atomic E-state index is 13.1. The number of aryl methyl sites for hydroxylation is 1. The molecule has 1 fully saturated rings. The van der Waals surface area contributed by atoms with E-state index in [0.717, 1.165) is 32.2 Å². The van der Waals surface area contributed by atoms with E-state index in [2.05, 4.69) is 23.3 Å². The Bertz CT molecular complexity index is 1010. The predicted octanol–water partition coefficient (Wildman–Crippen LogP) is 4.20. The fraction of sp³-hybridized carbons (Fsp3) is 0.450. The molecule has 1 saturated carbocycles. The lowest BCUT2D eigenvalue weighted by Gasteiger charge is -2.24. The molecule has 2 N–H and O–H groups in total. The van der Waals surface area contributed by atoms with Gasteiger partial charge in [-0.15, -0.1) is 0 Å². The van der Waals surface area contributed by atoms with Crippen LogP contribution in [0.2, 0.25) is 0 Å². The van der Waals surface area contributed by atoms with E-state index in [9.17, 15) is 9.59 Å². The Kier molecular flexibility index (Phi) is 4.87. The van der Waals surface area contributed by atoms with Crippen molar-refractivity contribution in [2.75, 3.05) is 11.6 Å². The maximum Gasteiger partial charge on any atom is 0.255 e. The van der Waals surface area contributed by atoms with E-state index in [1.165, 1.54) is 31.1 Å². The van der Waals surface area contributed by atoms with Gasteiger partial charge in [-0.3, -0.25) is 14.4 Å². The fourth-order valence-corrected chi connectivity index (χ4v) is 5.67. The second-order valence-electron chi connectivity index (χ2n) is 7.64. The minimum atomic E-state index is -0.781. The fourth-order valence-electron chi connectivity index (χ4n) is 3.84. The molecule has 28 heavy (non-hydrogen) atoms. The molecule has 0 radical (unpaired) electrons. The number of rotatable bonds is 5. The average molecular weight is 417 g/mol. The molecule has 2 heterocycles. The molecule has 6 nitrogen and oxygen atoms in total. The summed E-state index contributed by atoms with van der Waals surface area (Å²) < 4.78 is 8.35. The number of thiazole rings is 1. The van der Waals surface area contributed by atoms with Crippen LogP contribution in [-0.4, -0.2) is 34.0 Å². The highest BCUT2D eigenvalue weighted by atomic mass is 32.2. The minimum absolute atomic E-state index is 0.0718. The largest absolute Gasteiger partial charge is 0.331 e. The molecule has 2 aliphatic rings. The van der Waals surface area contributed by atoms with E-state index in [-0.39, 0.29) is 17.9 Å². The number of benzene rings is 1. The van der Waals surface area contributed by atoms with Crippen molar-refractivity contribution in [2.45, 2.75) is 51.1 Å². The molecule has 4 rings (SSSR count). The van der Waals surface area contributed by atoms with Crippen molar-refractivity contribution in [1.29, 1.82) is 4.78 Å². The maximum absolute atomic E-state index is 13.1. The number of anilines is 1. The van der Waals surface area contributed by atoms with E-state index < -0.39 is 10.7 Å². The average Bonchev–Trinajstić information content (AvgIpc) is 3.33. The van der Waals surface area contributed by atoms with Crippen molar-refractivity contribution in [3.05, 3.63) is 29.0 Å². The second kappa shape index (κ2) is 7.08. The Balaban J connectivity index is 1.77. The van der Waals surface area contributed by atoms with Crippen molar-refractivity contribution in [2.24, 2.45) is 5.92 Å². The van der Waals surface area contributed by atoms with Gasteiger partial charge in [-0.05, 0) is 62.1 Å². The van der Waals surface area contributed by atoms with E-state index in [1.54, 1.807) is 0 Å². The van der Waals surface area contributed by atoms with Crippen molar-refractivity contribution in [3.63, 3.8) is 0 Å². The van der Waals surface area contributed by atoms with Crippen LogP contribution in [0.3, 0.4) is 0 Å². The Hall–Kier alpha value is -2.06. The molecular formula is C20H24N4O2S2. The Labute approximate surface area is 171 Å². The van der Waals surface area contributed by atoms with Gasteiger partial charge in [0.2, 0.25) is 5.91 Å². The Morgan fingerprint density at radius 2 is 2.14 bits per heavy atom. The van der Waals surface area contributed by atoms with Crippen molar-refractivity contribution in [1.82, 2.24) is 9.88 Å². The molecule has 1 aliphatic heterocycles. The predicted molar refractivity (Wildman–Crippen MR) is 113 cm³/mol. The van der Waals surface area contributed by atoms with Gasteiger partial charge in [0.25, 0.3) is 5.91 Å². The molecule has 0 bridgehead atoms. The quantitative estimate of drug-likeness (QED) is 0.766. The number of hydrogen-bond donors (Lipinski definition) is 2. The molecule has 1 unspecified atom stereocenters. The Morgan fingerprint density at radius 1 is 1.43 bits per heavy atom. The van der Waals surface area contributed by atoms with Crippen LogP contribution in [0.1, 0.15) is 48.3 Å². The van der Waals surface area contributed by atoms with Gasteiger partial charge in [0, 0.05) is 24.4 Å². The van der Waals surface area contributed by atoms with Gasteiger partial charge in [-0.1, -0.05) is 22.0 Å². The number of fused-ring (bicyclic) bond motifs is 1. The van der Waals surface area contributed by atoms with E-state index in [0.29, 0.717) is 17.6 Å². The van der Waals surface area contributed by atoms with Crippen LogP contribution in [0.5, 0.6) is 0 Å². The van der Waals surface area contributed by atoms with Crippen molar-refractivity contribution < 1.29 is 9.59 Å². The first-order valence-electron chi connectivity index (χ1n) is 9.36. The van der Waals surface area contributed by atoms with Crippen LogP contribution in [0, 0.1) is 17.6 Å². The smallest absolute Gasteiger partial charge is 0.255 e. The van der Waals surface area contributed by atoms with Crippen LogP contribution in [0.25, 0.3) is 10.4 Å². The Morgan fingerprint density at radius 3 is 2.75 bits per heavy atom. The van der Waals surface area contributed by atoms with Gasteiger partial charge < -0.3 is 10.2 Å². The molecule has 2 amide bonds. The topological polar surface area (TPSA) is 86.1 Å². The third-order valence-electron chi connectivity index (χ3n) is 5.47. The summed E-state index contributed by atoms with van der Waals surface area (Å²) in [6, 6.07) is 4.29. The number of amides is 2. The zero-order valence-electron chi connectivity index (χ0n) is 16.5. The van der Waals surface area contributed by atoms with Crippen molar-refractivity contribution >= 4 is 39.0 Å². The summed E-state index contributed by atoms with van der Waals surface area (Å²) in [4.78, 5) is 32.7. The SMILES string of the molecule is CC(=O)Nc1nc(C)c(-c2cc3c(c(S(C)=N)c2)C(=O)N([C@@H](C)C2CC2)C3)s1. The molecule has 1 aliphatic carbocycles. The van der Waals surface area contributed by atoms with Gasteiger partial charge in [0.05, 0.1) is 16.1 Å². The van der Waals surface area contributed by atoms with Gasteiger partial charge in [0.1, 0.15) is 0 Å². The molecule has 148 valence electrons. The van der Waals surface area contributed by atoms with E-state index in [1.807, 2.05) is 24.1 Å². The first-order valence-corrected chi connectivity index (χ1v) is 11.8. The standard InChI is InChI=1S/C20H24N4O2S2/c1-10-18(27-20(22-10)23-12(3)25)14-7-15-9-24(11(2)13-5-6-13)19(26)17(15)16(8-14)28(4)21/h7-8,11,13,21H,5-6,9H2,1-4H3,(H,22,23,25)/t11-,28?/m0/s1. The van der Waals surface area contributed by atoms with Crippen LogP contribution in [0.15, 0.2) is 17.0 Å². The lowest BCUT2D eigenvalue weighted by atomic mass is 10.0. The van der Waals surface area contributed by atoms with E-state index in [4.69, 9.17) is 4.78 Å². The number of nitrogens with zero attached hydrogens (tertiary/aromatic N) is 2. The monoisotopic (exact) mass is 416 g/mol. The first kappa shape index (κ1) is 19.3. The summed E-state index contributed by atoms with van der Waals surface area (Å²) in [5.41, 5.74) is 3.54. The number of carbonyl (C=O) groups is 2. The summed E-state index contributed by atoms with van der Waals surface area (Å²) in [6.45, 7) is 6.14. The minimum Gasteiger partial charge on any atom is -0.331 e. The van der Waals surface area contributed by atoms with Gasteiger partial charge in [-0.25, -0.2) is 4.98 Å². The summed E-state index contributed by atoms with van der Waals surface area (Å²) in [5.74, 6) is 0.537. The number of hydrogen-bond acceptors (Lipinski definition) is 5. The summed E-state index contributed by atoms with van der Waals surface area (Å²) in [5, 5.41) is 3.32. The number of nitrogens with one attached hydrogen (secondary N) is 2. The molecule has 1 aromatic carbocycles. The molecule has 2 aromatic rings. The zero-order chi connectivity index (χ0) is 20.2. The highest BCUT2D eigenvalue weighted by Gasteiger charge is 2.40. The lowest BCUT2D eigenvalue weighted by Crippen LogP contribution is -2.34. The summed E-state index contributed by atoms with van der Waals surface area (Å²) in [7, 11) is -0.781. The van der Waals surface area contributed by atoms with Gasteiger partial charge in [0.15, 0.2) is 5.13 Å². The van der Waals surface area contributed by atoms with Gasteiger partial charge in [-0.2, -0.15) is 0 Å². The van der Waals surface area contributed by atoms with Gasteiger partial charge >= 0.3 is 0 Å². The third kappa shape index (κ3) is 3.39. The van der Waals surface area contributed by atoms with Crippen LogP contribution in [-0.2, 0) is 22.0 Å². The van der Waals surface area contributed by atoms with Crippen molar-refractivity contribution in [3.8, 4) is 10.4 Å². The highest BCUT2D eigenvalue weighted by molar-refractivity contribution is 7.85. The van der Waals surface area contributed by atoms with E-state index >= 15 is 0 Å². The molecular weight excluding hydrogens is 392 g/mol. The van der Waals surface area contributed by atoms with Crippen LogP contribution < -0.4 is 5.32 Å². The molecule has 0 saturated heterocycles. The summed E-state index contributed by atoms with van der Waals surface area (Å²) in [6.07, 6.45) is 4.23. The normalized spacial score (nSPS) is 18.1. The molecule has 2 atom stereocenters. The molecule has 8 heteroatoms. The number of aromatic nitrogens is 1. The second-order valence-corrected chi connectivity index (χ2v) is 10.1. The zero-order valence-corrected chi connectivity index (χ0v) is 18.1. The lowest BCUT2D eigenvalue weighted by molar-refractivity contribution is -0.114. The summed E-state index contributed by atoms with van der Waals surface area (Å²) >= 11 is 1.43. The molecule has 0 spiro atoms.